The van der Waals surface area contributed by atoms with Crippen molar-refractivity contribution in [2.75, 3.05) is 11.0 Å². The third-order valence-corrected chi connectivity index (χ3v) is 3.92. The molecule has 2 aromatic rings. The average molecular weight is 386 g/mol. The lowest BCUT2D eigenvalue weighted by Gasteiger charge is -2.01. The van der Waals surface area contributed by atoms with Crippen molar-refractivity contribution in [3.63, 3.8) is 0 Å². The fraction of sp³-hybridized carbons (Fsp3) is 0.222. The van der Waals surface area contributed by atoms with Crippen molar-refractivity contribution < 1.29 is 8.42 Å². The topological polar surface area (TPSA) is 64.0 Å². The van der Waals surface area contributed by atoms with Crippen molar-refractivity contribution in [2.24, 2.45) is 7.05 Å². The molecule has 0 aliphatic heterocycles. The Morgan fingerprint density at radius 2 is 2.12 bits per heavy atom. The Morgan fingerprint density at radius 3 is 2.71 bits per heavy atom. The van der Waals surface area contributed by atoms with Crippen LogP contribution in [0.2, 0.25) is 5.02 Å². The number of anilines is 1. The molecule has 0 atom stereocenters. The van der Waals surface area contributed by atoms with Crippen LogP contribution in [0.15, 0.2) is 12.1 Å². The van der Waals surface area contributed by atoms with Crippen molar-refractivity contribution in [1.29, 1.82) is 0 Å². The number of aromatic nitrogens is 2. The monoisotopic (exact) mass is 385 g/mol. The Kier molecular flexibility index (Phi) is 3.25. The molecule has 1 heterocycles. The van der Waals surface area contributed by atoms with E-state index in [1.807, 2.05) is 6.07 Å². The predicted octanol–water partition coefficient (Wildman–Crippen LogP) is 2.20. The van der Waals surface area contributed by atoms with Gasteiger partial charge in [-0.25, -0.2) is 8.42 Å². The number of benzene rings is 1. The SMILES string of the molecule is Cn1nc(NS(C)(=O)=O)c2c(Cl)ccc(I)c21. The molecule has 0 aliphatic carbocycles. The van der Waals surface area contributed by atoms with Crippen LogP contribution in [-0.4, -0.2) is 24.5 Å². The molecular weight excluding hydrogens is 377 g/mol. The second kappa shape index (κ2) is 4.29. The van der Waals surface area contributed by atoms with E-state index in [4.69, 9.17) is 11.6 Å². The number of rotatable bonds is 2. The Morgan fingerprint density at radius 1 is 1.47 bits per heavy atom. The van der Waals surface area contributed by atoms with E-state index in [1.54, 1.807) is 17.8 Å². The molecule has 8 heteroatoms. The number of sulfonamides is 1. The van der Waals surface area contributed by atoms with Crippen molar-refractivity contribution in [2.45, 2.75) is 0 Å². The normalized spacial score (nSPS) is 12.0. The summed E-state index contributed by atoms with van der Waals surface area (Å²) in [5.74, 6) is 0.258. The van der Waals surface area contributed by atoms with Gasteiger partial charge in [0, 0.05) is 10.6 Å². The molecule has 0 spiro atoms. The zero-order chi connectivity index (χ0) is 12.8. The van der Waals surface area contributed by atoms with Gasteiger partial charge in [-0.15, -0.1) is 0 Å². The van der Waals surface area contributed by atoms with Gasteiger partial charge in [0.05, 0.1) is 22.2 Å². The maximum absolute atomic E-state index is 11.2. The minimum absolute atomic E-state index is 0.258. The van der Waals surface area contributed by atoms with Gasteiger partial charge in [0.15, 0.2) is 5.82 Å². The third kappa shape index (κ3) is 2.50. The maximum Gasteiger partial charge on any atom is 0.231 e. The van der Waals surface area contributed by atoms with E-state index in [0.29, 0.717) is 10.4 Å². The van der Waals surface area contributed by atoms with Crippen LogP contribution in [0.4, 0.5) is 5.82 Å². The molecule has 1 aromatic heterocycles. The fourth-order valence-electron chi connectivity index (χ4n) is 1.58. The molecular formula is C9H9ClIN3O2S. The summed E-state index contributed by atoms with van der Waals surface area (Å²) in [6.07, 6.45) is 1.08. The fourth-order valence-corrected chi connectivity index (χ4v) is 3.11. The van der Waals surface area contributed by atoms with E-state index in [2.05, 4.69) is 32.4 Å². The Labute approximate surface area is 117 Å². The lowest BCUT2D eigenvalue weighted by molar-refractivity contribution is 0.606. The summed E-state index contributed by atoms with van der Waals surface area (Å²) >= 11 is 8.24. The lowest BCUT2D eigenvalue weighted by atomic mass is 10.2. The Bertz CT molecular complexity index is 696. The molecule has 1 aromatic carbocycles. The van der Waals surface area contributed by atoms with Crippen LogP contribution < -0.4 is 4.72 Å². The van der Waals surface area contributed by atoms with Gasteiger partial charge in [-0.3, -0.25) is 9.40 Å². The molecule has 0 aliphatic rings. The first-order chi connectivity index (χ1) is 7.79. The van der Waals surface area contributed by atoms with Crippen LogP contribution in [0.3, 0.4) is 0 Å². The smallest absolute Gasteiger partial charge is 0.231 e. The molecule has 0 bridgehead atoms. The second-order valence-corrected chi connectivity index (χ2v) is 6.92. The zero-order valence-corrected chi connectivity index (χ0v) is 12.8. The highest BCUT2D eigenvalue weighted by molar-refractivity contribution is 14.1. The van der Waals surface area contributed by atoms with Gasteiger partial charge in [0.1, 0.15) is 0 Å². The number of aryl methyl sites for hydroxylation is 1. The minimum Gasteiger partial charge on any atom is -0.266 e. The van der Waals surface area contributed by atoms with Gasteiger partial charge in [0.2, 0.25) is 10.0 Å². The van der Waals surface area contributed by atoms with Crippen LogP contribution in [0.1, 0.15) is 0 Å². The highest BCUT2D eigenvalue weighted by Crippen LogP contribution is 2.33. The summed E-state index contributed by atoms with van der Waals surface area (Å²) in [5.41, 5.74) is 0.809. The molecule has 0 saturated heterocycles. The van der Waals surface area contributed by atoms with Crippen LogP contribution >= 0.6 is 34.2 Å². The van der Waals surface area contributed by atoms with E-state index in [-0.39, 0.29) is 5.82 Å². The van der Waals surface area contributed by atoms with Crippen molar-refractivity contribution >= 4 is 60.9 Å². The Balaban J connectivity index is 2.79. The van der Waals surface area contributed by atoms with Crippen LogP contribution in [0.25, 0.3) is 10.9 Å². The minimum atomic E-state index is -3.37. The summed E-state index contributed by atoms with van der Waals surface area (Å²) in [5, 5.41) is 5.22. The first-order valence-electron chi connectivity index (χ1n) is 4.58. The van der Waals surface area contributed by atoms with Crippen molar-refractivity contribution in [3.8, 4) is 0 Å². The van der Waals surface area contributed by atoms with Crippen LogP contribution in [-0.2, 0) is 17.1 Å². The number of halogens is 2. The molecule has 0 radical (unpaired) electrons. The molecule has 5 nitrogen and oxygen atoms in total. The number of nitrogens with zero attached hydrogens (tertiary/aromatic N) is 2. The summed E-state index contributed by atoms with van der Waals surface area (Å²) in [4.78, 5) is 0. The average Bonchev–Trinajstić information content (AvgIpc) is 2.48. The van der Waals surface area contributed by atoms with E-state index in [9.17, 15) is 8.42 Å². The largest absolute Gasteiger partial charge is 0.266 e. The van der Waals surface area contributed by atoms with Gasteiger partial charge in [-0.05, 0) is 34.7 Å². The summed E-state index contributed by atoms with van der Waals surface area (Å²) in [6, 6.07) is 3.58. The first-order valence-corrected chi connectivity index (χ1v) is 7.93. The van der Waals surface area contributed by atoms with Crippen LogP contribution in [0, 0.1) is 3.57 Å². The highest BCUT2D eigenvalue weighted by atomic mass is 127. The standard InChI is InChI=1S/C9H9ClIN3O2S/c1-14-8-6(11)4-3-5(10)7(8)9(12-14)13-17(2,15)16/h3-4H,1-2H3,(H,12,13). The molecule has 0 fully saturated rings. The summed E-state index contributed by atoms with van der Waals surface area (Å²) in [6.45, 7) is 0. The molecule has 0 saturated carbocycles. The van der Waals surface area contributed by atoms with E-state index in [0.717, 1.165) is 15.3 Å². The molecule has 1 N–H and O–H groups in total. The molecule has 17 heavy (non-hydrogen) atoms. The van der Waals surface area contributed by atoms with E-state index < -0.39 is 10.0 Å². The number of hydrogen-bond donors (Lipinski definition) is 1. The molecule has 0 amide bonds. The predicted molar refractivity (Wildman–Crippen MR) is 76.9 cm³/mol. The number of nitrogens with one attached hydrogen (secondary N) is 1. The van der Waals surface area contributed by atoms with Gasteiger partial charge in [-0.2, -0.15) is 5.10 Å². The first kappa shape index (κ1) is 12.9. The van der Waals surface area contributed by atoms with E-state index in [1.165, 1.54) is 0 Å². The third-order valence-electron chi connectivity index (χ3n) is 2.17. The van der Waals surface area contributed by atoms with Crippen molar-refractivity contribution in [1.82, 2.24) is 9.78 Å². The maximum atomic E-state index is 11.2. The lowest BCUT2D eigenvalue weighted by Crippen LogP contribution is -2.10. The molecule has 0 unspecified atom stereocenters. The Hall–Kier alpha value is -0.540. The van der Waals surface area contributed by atoms with Gasteiger partial charge in [0.25, 0.3) is 0 Å². The highest BCUT2D eigenvalue weighted by Gasteiger charge is 2.16. The van der Waals surface area contributed by atoms with Gasteiger partial charge >= 0.3 is 0 Å². The van der Waals surface area contributed by atoms with E-state index >= 15 is 0 Å². The zero-order valence-electron chi connectivity index (χ0n) is 9.03. The molecule has 92 valence electrons. The summed E-state index contributed by atoms with van der Waals surface area (Å²) < 4.78 is 27.4. The quantitative estimate of drug-likeness (QED) is 0.806. The van der Waals surface area contributed by atoms with Crippen LogP contribution in [0.5, 0.6) is 0 Å². The molecule has 2 rings (SSSR count). The number of fused-ring (bicyclic) bond motifs is 1. The van der Waals surface area contributed by atoms with Gasteiger partial charge < -0.3 is 0 Å². The number of hydrogen-bond acceptors (Lipinski definition) is 3. The van der Waals surface area contributed by atoms with Crippen molar-refractivity contribution in [3.05, 3.63) is 20.7 Å². The van der Waals surface area contributed by atoms with Gasteiger partial charge in [-0.1, -0.05) is 11.6 Å². The second-order valence-electron chi connectivity index (χ2n) is 3.60. The summed E-state index contributed by atoms with van der Waals surface area (Å²) in [7, 11) is -1.63.